The van der Waals surface area contributed by atoms with E-state index in [4.69, 9.17) is 4.74 Å². The van der Waals surface area contributed by atoms with Crippen LogP contribution >= 0.6 is 23.1 Å². The molecule has 0 bridgehead atoms. The third-order valence-corrected chi connectivity index (χ3v) is 6.19. The van der Waals surface area contributed by atoms with Crippen LogP contribution in [0.5, 0.6) is 5.75 Å². The molecule has 0 fully saturated rings. The molecule has 1 amide bonds. The van der Waals surface area contributed by atoms with Gasteiger partial charge in [-0.2, -0.15) is 0 Å². The van der Waals surface area contributed by atoms with Gasteiger partial charge in [0.15, 0.2) is 0 Å². The average molecular weight is 422 g/mol. The zero-order valence-corrected chi connectivity index (χ0v) is 17.4. The van der Waals surface area contributed by atoms with Crippen molar-refractivity contribution in [2.45, 2.75) is 23.8 Å². The minimum Gasteiger partial charge on any atom is -0.489 e. The van der Waals surface area contributed by atoms with Gasteiger partial charge in [0, 0.05) is 11.1 Å². The van der Waals surface area contributed by atoms with Gasteiger partial charge in [-0.15, -0.1) is 11.3 Å². The Morgan fingerprint density at radius 3 is 2.69 bits per heavy atom. The van der Waals surface area contributed by atoms with E-state index in [0.29, 0.717) is 6.61 Å². The Balaban J connectivity index is 1.33. The molecular formula is C22H19N3O2S2. The van der Waals surface area contributed by atoms with Crippen molar-refractivity contribution >= 4 is 44.9 Å². The standard InChI is InChI=1S/C22H19N3O2S2/c1-15(29-22-19-11-12-28-21(19)23-14-24-22)20(26)25-17-7-9-18(10-8-17)27-13-16-5-3-2-4-6-16/h2-12,14-15H,13H2,1H3,(H,25,26). The Bertz CT molecular complexity index is 1100. The van der Waals surface area contributed by atoms with Crippen molar-refractivity contribution in [2.75, 3.05) is 5.32 Å². The summed E-state index contributed by atoms with van der Waals surface area (Å²) in [5, 5.41) is 6.45. The molecule has 1 atom stereocenters. The molecule has 0 saturated heterocycles. The van der Waals surface area contributed by atoms with Crippen LogP contribution in [-0.4, -0.2) is 21.1 Å². The van der Waals surface area contributed by atoms with Gasteiger partial charge in [0.05, 0.1) is 5.25 Å². The zero-order chi connectivity index (χ0) is 20.1. The molecule has 4 aromatic rings. The fourth-order valence-corrected chi connectivity index (χ4v) is 4.40. The number of rotatable bonds is 7. The molecule has 1 unspecified atom stereocenters. The van der Waals surface area contributed by atoms with Crippen LogP contribution in [0.3, 0.4) is 0 Å². The predicted molar refractivity (Wildman–Crippen MR) is 119 cm³/mol. The number of hydrogen-bond donors (Lipinski definition) is 1. The number of thiophene rings is 1. The van der Waals surface area contributed by atoms with Gasteiger partial charge in [-0.05, 0) is 48.2 Å². The van der Waals surface area contributed by atoms with Gasteiger partial charge in [-0.1, -0.05) is 42.1 Å². The molecule has 2 aromatic carbocycles. The number of nitrogens with one attached hydrogen (secondary N) is 1. The molecule has 0 aliphatic rings. The lowest BCUT2D eigenvalue weighted by Gasteiger charge is -2.12. The molecule has 0 aliphatic carbocycles. The summed E-state index contributed by atoms with van der Waals surface area (Å²) in [6.45, 7) is 2.38. The molecule has 2 heterocycles. The number of benzene rings is 2. The van der Waals surface area contributed by atoms with Crippen LogP contribution in [0, 0.1) is 0 Å². The van der Waals surface area contributed by atoms with Crippen LogP contribution in [0.2, 0.25) is 0 Å². The Morgan fingerprint density at radius 1 is 1.10 bits per heavy atom. The Kier molecular flexibility index (Phi) is 6.07. The maximum atomic E-state index is 12.6. The largest absolute Gasteiger partial charge is 0.489 e. The highest BCUT2D eigenvalue weighted by Gasteiger charge is 2.17. The summed E-state index contributed by atoms with van der Waals surface area (Å²) in [5.41, 5.74) is 1.85. The second-order valence-corrected chi connectivity index (χ2v) is 8.59. The summed E-state index contributed by atoms with van der Waals surface area (Å²) in [6.07, 6.45) is 1.54. The summed E-state index contributed by atoms with van der Waals surface area (Å²) < 4.78 is 5.78. The van der Waals surface area contributed by atoms with Gasteiger partial charge in [-0.25, -0.2) is 9.97 Å². The lowest BCUT2D eigenvalue weighted by molar-refractivity contribution is -0.115. The van der Waals surface area contributed by atoms with Crippen molar-refractivity contribution in [1.29, 1.82) is 0 Å². The van der Waals surface area contributed by atoms with E-state index in [1.165, 1.54) is 11.8 Å². The third-order valence-electron chi connectivity index (χ3n) is 4.25. The van der Waals surface area contributed by atoms with Crippen molar-refractivity contribution in [3.63, 3.8) is 0 Å². The molecule has 4 rings (SSSR count). The monoisotopic (exact) mass is 421 g/mol. The first-order valence-electron chi connectivity index (χ1n) is 9.11. The van der Waals surface area contributed by atoms with E-state index in [0.717, 1.165) is 32.2 Å². The third kappa shape index (κ3) is 4.93. The van der Waals surface area contributed by atoms with E-state index in [1.54, 1.807) is 17.7 Å². The normalized spacial score (nSPS) is 11.9. The van der Waals surface area contributed by atoms with Gasteiger partial charge < -0.3 is 10.1 Å². The number of carbonyl (C=O) groups excluding carboxylic acids is 1. The molecule has 29 heavy (non-hydrogen) atoms. The zero-order valence-electron chi connectivity index (χ0n) is 15.7. The minimum absolute atomic E-state index is 0.0741. The first kappa shape index (κ1) is 19.4. The molecular weight excluding hydrogens is 402 g/mol. The molecule has 0 saturated carbocycles. The van der Waals surface area contributed by atoms with Crippen LogP contribution in [0.25, 0.3) is 10.2 Å². The van der Waals surface area contributed by atoms with Crippen LogP contribution in [0.15, 0.2) is 77.4 Å². The van der Waals surface area contributed by atoms with Crippen LogP contribution < -0.4 is 10.1 Å². The first-order valence-corrected chi connectivity index (χ1v) is 10.9. The van der Waals surface area contributed by atoms with Crippen molar-refractivity contribution < 1.29 is 9.53 Å². The van der Waals surface area contributed by atoms with Gasteiger partial charge in [-0.3, -0.25) is 4.79 Å². The van der Waals surface area contributed by atoms with Gasteiger partial charge in [0.25, 0.3) is 0 Å². The molecule has 2 aromatic heterocycles. The second kappa shape index (κ2) is 9.07. The highest BCUT2D eigenvalue weighted by molar-refractivity contribution is 8.00. The predicted octanol–water partition coefficient (Wildman–Crippen LogP) is 5.39. The lowest BCUT2D eigenvalue weighted by Crippen LogP contribution is -2.22. The number of carbonyl (C=O) groups is 1. The maximum Gasteiger partial charge on any atom is 0.237 e. The number of ether oxygens (including phenoxy) is 1. The summed E-state index contributed by atoms with van der Waals surface area (Å²) in [7, 11) is 0. The van der Waals surface area contributed by atoms with Crippen molar-refractivity contribution in [1.82, 2.24) is 9.97 Å². The van der Waals surface area contributed by atoms with Crippen LogP contribution in [0.1, 0.15) is 12.5 Å². The summed E-state index contributed by atoms with van der Waals surface area (Å²) in [4.78, 5) is 22.1. The number of thioether (sulfide) groups is 1. The van der Waals surface area contributed by atoms with E-state index in [-0.39, 0.29) is 11.2 Å². The van der Waals surface area contributed by atoms with Crippen molar-refractivity contribution in [3.05, 3.63) is 77.9 Å². The molecule has 1 N–H and O–H groups in total. The quantitative estimate of drug-likeness (QED) is 0.320. The van der Waals surface area contributed by atoms with E-state index in [9.17, 15) is 4.79 Å². The fourth-order valence-electron chi connectivity index (χ4n) is 2.70. The summed E-state index contributed by atoms with van der Waals surface area (Å²) in [5.74, 6) is 0.685. The van der Waals surface area contributed by atoms with E-state index >= 15 is 0 Å². The summed E-state index contributed by atoms with van der Waals surface area (Å²) in [6, 6.07) is 19.4. The van der Waals surface area contributed by atoms with Crippen molar-refractivity contribution in [2.24, 2.45) is 0 Å². The number of anilines is 1. The van der Waals surface area contributed by atoms with Gasteiger partial charge >= 0.3 is 0 Å². The van der Waals surface area contributed by atoms with Gasteiger partial charge in [0.2, 0.25) is 5.91 Å². The van der Waals surface area contributed by atoms with Crippen LogP contribution in [0.4, 0.5) is 5.69 Å². The Labute approximate surface area is 177 Å². The SMILES string of the molecule is CC(Sc1ncnc2sccc12)C(=O)Nc1ccc(OCc2ccccc2)cc1. The first-order chi connectivity index (χ1) is 14.2. The Hall–Kier alpha value is -2.90. The minimum atomic E-state index is -0.290. The number of fused-ring (bicyclic) bond motifs is 1. The van der Waals surface area contributed by atoms with Crippen molar-refractivity contribution in [3.8, 4) is 5.75 Å². The smallest absolute Gasteiger partial charge is 0.237 e. The fraction of sp³-hybridized carbons (Fsp3) is 0.136. The van der Waals surface area contributed by atoms with E-state index in [1.807, 2.05) is 73.0 Å². The average Bonchev–Trinajstić information content (AvgIpc) is 3.24. The summed E-state index contributed by atoms with van der Waals surface area (Å²) >= 11 is 3.00. The maximum absolute atomic E-state index is 12.6. The number of amides is 1. The molecule has 0 spiro atoms. The molecule has 0 radical (unpaired) electrons. The van der Waals surface area contributed by atoms with Gasteiger partial charge in [0.1, 0.15) is 28.5 Å². The van der Waals surface area contributed by atoms with E-state index < -0.39 is 0 Å². The second-order valence-electron chi connectivity index (χ2n) is 6.37. The number of hydrogen-bond acceptors (Lipinski definition) is 6. The highest BCUT2D eigenvalue weighted by atomic mass is 32.2. The number of nitrogens with zero attached hydrogens (tertiary/aromatic N) is 2. The topological polar surface area (TPSA) is 64.1 Å². The molecule has 7 heteroatoms. The lowest BCUT2D eigenvalue weighted by atomic mass is 10.2. The highest BCUT2D eigenvalue weighted by Crippen LogP contribution is 2.30. The van der Waals surface area contributed by atoms with Crippen LogP contribution in [-0.2, 0) is 11.4 Å². The molecule has 5 nitrogen and oxygen atoms in total. The Morgan fingerprint density at radius 2 is 1.90 bits per heavy atom. The molecule has 146 valence electrons. The number of aromatic nitrogens is 2. The molecule has 0 aliphatic heterocycles. The van der Waals surface area contributed by atoms with E-state index in [2.05, 4.69) is 15.3 Å².